The first-order valence-electron chi connectivity index (χ1n) is 8.53. The Labute approximate surface area is 128 Å². The van der Waals surface area contributed by atoms with Crippen molar-refractivity contribution in [2.75, 3.05) is 20.2 Å². The Kier molecular flexibility index (Phi) is 3.08. The Bertz CT molecular complexity index is 550. The van der Waals surface area contributed by atoms with Crippen LogP contribution in [-0.4, -0.2) is 31.1 Å². The van der Waals surface area contributed by atoms with Crippen molar-refractivity contribution < 1.29 is 4.74 Å². The van der Waals surface area contributed by atoms with Gasteiger partial charge >= 0.3 is 0 Å². The molecule has 0 unspecified atom stereocenters. The maximum atomic E-state index is 5.47. The van der Waals surface area contributed by atoms with Crippen LogP contribution in [0.3, 0.4) is 0 Å². The predicted octanol–water partition coefficient (Wildman–Crippen LogP) is 3.63. The molecule has 0 spiro atoms. The monoisotopic (exact) mass is 285 g/mol. The van der Waals surface area contributed by atoms with Crippen LogP contribution in [0, 0.1) is 11.8 Å². The van der Waals surface area contributed by atoms with E-state index in [2.05, 4.69) is 36.9 Å². The lowest BCUT2D eigenvalue weighted by Gasteiger charge is -2.54. The first-order chi connectivity index (χ1) is 10.1. The molecule has 4 rings (SSSR count). The number of likely N-dealkylation sites (tertiary alicyclic amines) is 1. The van der Waals surface area contributed by atoms with Gasteiger partial charge in [0.05, 0.1) is 7.11 Å². The lowest BCUT2D eigenvalue weighted by Crippen LogP contribution is -2.58. The molecule has 3 atom stereocenters. The molecule has 114 valence electrons. The Morgan fingerprint density at radius 3 is 2.86 bits per heavy atom. The summed E-state index contributed by atoms with van der Waals surface area (Å²) in [7, 11) is 1.78. The maximum Gasteiger partial charge on any atom is 0.119 e. The molecule has 0 amide bonds. The van der Waals surface area contributed by atoms with Gasteiger partial charge in [0.2, 0.25) is 0 Å². The second-order valence-electron chi connectivity index (χ2n) is 7.69. The van der Waals surface area contributed by atoms with Crippen LogP contribution in [0.4, 0.5) is 0 Å². The number of piperidine rings is 1. The first-order valence-corrected chi connectivity index (χ1v) is 8.53. The van der Waals surface area contributed by atoms with Crippen LogP contribution >= 0.6 is 0 Å². The molecule has 0 aromatic heterocycles. The standard InChI is InChI=1S/C19H27NO/c1-13-18-10-15-6-7-16(21-3)11-17(15)19(13,2)8-9-20(18)12-14-4-5-14/h6-7,11,13-14,18H,4-5,8-10,12H2,1-3H3/t13-,18+,19+/m0/s1. The molecule has 1 aromatic rings. The summed E-state index contributed by atoms with van der Waals surface area (Å²) in [6.45, 7) is 7.58. The van der Waals surface area contributed by atoms with Crippen LogP contribution in [0.25, 0.3) is 0 Å². The zero-order chi connectivity index (χ0) is 14.6. The Balaban J connectivity index is 1.70. The second kappa shape index (κ2) is 4.74. The number of methoxy groups -OCH3 is 1. The molecule has 1 saturated heterocycles. The topological polar surface area (TPSA) is 12.5 Å². The zero-order valence-corrected chi connectivity index (χ0v) is 13.6. The van der Waals surface area contributed by atoms with Gasteiger partial charge in [-0.1, -0.05) is 19.9 Å². The summed E-state index contributed by atoms with van der Waals surface area (Å²) in [6, 6.07) is 7.49. The quantitative estimate of drug-likeness (QED) is 0.841. The molecule has 2 aliphatic carbocycles. The molecule has 21 heavy (non-hydrogen) atoms. The third kappa shape index (κ3) is 2.11. The van der Waals surface area contributed by atoms with E-state index in [1.54, 1.807) is 18.2 Å². The summed E-state index contributed by atoms with van der Waals surface area (Å²) in [5.41, 5.74) is 3.44. The van der Waals surface area contributed by atoms with E-state index in [0.29, 0.717) is 5.41 Å². The molecule has 2 nitrogen and oxygen atoms in total. The highest BCUT2D eigenvalue weighted by Gasteiger charge is 2.49. The number of hydrogen-bond acceptors (Lipinski definition) is 2. The Morgan fingerprint density at radius 1 is 1.33 bits per heavy atom. The van der Waals surface area contributed by atoms with Gasteiger partial charge in [0.15, 0.2) is 0 Å². The van der Waals surface area contributed by atoms with Gasteiger partial charge in [-0.15, -0.1) is 0 Å². The van der Waals surface area contributed by atoms with E-state index in [-0.39, 0.29) is 0 Å². The van der Waals surface area contributed by atoms with Crippen molar-refractivity contribution in [1.29, 1.82) is 0 Å². The fraction of sp³-hybridized carbons (Fsp3) is 0.684. The van der Waals surface area contributed by atoms with Crippen molar-refractivity contribution in [3.05, 3.63) is 29.3 Å². The summed E-state index contributed by atoms with van der Waals surface area (Å²) < 4.78 is 5.47. The Hall–Kier alpha value is -1.02. The smallest absolute Gasteiger partial charge is 0.119 e. The molecule has 1 aliphatic heterocycles. The number of hydrogen-bond donors (Lipinski definition) is 0. The molecule has 0 radical (unpaired) electrons. The van der Waals surface area contributed by atoms with Gasteiger partial charge in [0.1, 0.15) is 5.75 Å². The van der Waals surface area contributed by atoms with Crippen LogP contribution in [0.1, 0.15) is 44.2 Å². The van der Waals surface area contributed by atoms with Crippen LogP contribution in [0.2, 0.25) is 0 Å². The van der Waals surface area contributed by atoms with E-state index in [1.807, 2.05) is 0 Å². The molecule has 2 heteroatoms. The van der Waals surface area contributed by atoms with Gasteiger partial charge in [-0.05, 0) is 72.7 Å². The van der Waals surface area contributed by atoms with Crippen molar-refractivity contribution in [2.45, 2.75) is 51.0 Å². The van der Waals surface area contributed by atoms with Crippen LogP contribution in [0.15, 0.2) is 18.2 Å². The lowest BCUT2D eigenvalue weighted by atomic mass is 9.59. The molecule has 1 saturated carbocycles. The number of ether oxygens (including phenoxy) is 1. The molecule has 1 aromatic carbocycles. The van der Waals surface area contributed by atoms with Crippen LogP contribution in [0.5, 0.6) is 5.75 Å². The first kappa shape index (κ1) is 13.6. The van der Waals surface area contributed by atoms with E-state index in [4.69, 9.17) is 4.74 Å². The molecule has 1 heterocycles. The van der Waals surface area contributed by atoms with E-state index in [9.17, 15) is 0 Å². The molecule has 3 aliphatic rings. The highest BCUT2D eigenvalue weighted by atomic mass is 16.5. The van der Waals surface area contributed by atoms with Gasteiger partial charge in [-0.25, -0.2) is 0 Å². The highest BCUT2D eigenvalue weighted by Crippen LogP contribution is 2.50. The Morgan fingerprint density at radius 2 is 2.14 bits per heavy atom. The molecular formula is C19H27NO. The summed E-state index contributed by atoms with van der Waals surface area (Å²) in [6.07, 6.45) is 5.44. The maximum absolute atomic E-state index is 5.47. The van der Waals surface area contributed by atoms with E-state index < -0.39 is 0 Å². The van der Waals surface area contributed by atoms with Crippen molar-refractivity contribution in [3.8, 4) is 5.75 Å². The molecule has 2 bridgehead atoms. The molecule has 2 fully saturated rings. The third-order valence-electron chi connectivity index (χ3n) is 6.52. The van der Waals surface area contributed by atoms with Crippen molar-refractivity contribution in [3.63, 3.8) is 0 Å². The second-order valence-corrected chi connectivity index (χ2v) is 7.69. The van der Waals surface area contributed by atoms with E-state index in [1.165, 1.54) is 38.8 Å². The average Bonchev–Trinajstić information content (AvgIpc) is 3.30. The SMILES string of the molecule is COc1ccc2c(c1)[C@]1(C)CCN(CC3CC3)[C@H](C2)[C@@H]1C. The fourth-order valence-corrected chi connectivity index (χ4v) is 4.67. The summed E-state index contributed by atoms with van der Waals surface area (Å²) in [5, 5.41) is 0. The van der Waals surface area contributed by atoms with Crippen molar-refractivity contribution in [2.24, 2.45) is 11.8 Å². The summed E-state index contributed by atoms with van der Waals surface area (Å²) >= 11 is 0. The third-order valence-corrected chi connectivity index (χ3v) is 6.52. The number of rotatable bonds is 3. The van der Waals surface area contributed by atoms with Gasteiger partial charge in [0, 0.05) is 12.6 Å². The van der Waals surface area contributed by atoms with Gasteiger partial charge < -0.3 is 4.74 Å². The molecular weight excluding hydrogens is 258 g/mol. The van der Waals surface area contributed by atoms with E-state index >= 15 is 0 Å². The predicted molar refractivity (Wildman–Crippen MR) is 85.9 cm³/mol. The van der Waals surface area contributed by atoms with Crippen molar-refractivity contribution >= 4 is 0 Å². The number of nitrogens with zero attached hydrogens (tertiary/aromatic N) is 1. The number of fused-ring (bicyclic) bond motifs is 4. The minimum Gasteiger partial charge on any atom is -0.497 e. The van der Waals surface area contributed by atoms with E-state index in [0.717, 1.165) is 23.6 Å². The number of benzene rings is 1. The zero-order valence-electron chi connectivity index (χ0n) is 13.6. The fourth-order valence-electron chi connectivity index (χ4n) is 4.67. The van der Waals surface area contributed by atoms with Gasteiger partial charge in [-0.2, -0.15) is 0 Å². The summed E-state index contributed by atoms with van der Waals surface area (Å²) in [4.78, 5) is 2.80. The molecule has 0 N–H and O–H groups in total. The average molecular weight is 285 g/mol. The van der Waals surface area contributed by atoms with Crippen molar-refractivity contribution in [1.82, 2.24) is 4.90 Å². The van der Waals surface area contributed by atoms with Crippen LogP contribution < -0.4 is 4.74 Å². The largest absolute Gasteiger partial charge is 0.497 e. The van der Waals surface area contributed by atoms with Crippen LogP contribution in [-0.2, 0) is 11.8 Å². The summed E-state index contributed by atoms with van der Waals surface area (Å²) in [5.74, 6) is 2.75. The van der Waals surface area contributed by atoms with Gasteiger partial charge in [-0.3, -0.25) is 4.90 Å². The minimum atomic E-state index is 0.326. The minimum absolute atomic E-state index is 0.326. The van der Waals surface area contributed by atoms with Gasteiger partial charge in [0.25, 0.3) is 0 Å². The highest BCUT2D eigenvalue weighted by molar-refractivity contribution is 5.44. The lowest BCUT2D eigenvalue weighted by molar-refractivity contribution is 0.0283. The normalized spacial score (nSPS) is 35.4.